The summed E-state index contributed by atoms with van der Waals surface area (Å²) in [4.78, 5) is 13.6. The zero-order chi connectivity index (χ0) is 9.42. The summed E-state index contributed by atoms with van der Waals surface area (Å²) in [7, 11) is 0. The van der Waals surface area contributed by atoms with Gasteiger partial charge in [-0.3, -0.25) is 4.79 Å². The summed E-state index contributed by atoms with van der Waals surface area (Å²) in [6.07, 6.45) is 1.41. The number of amides is 1. The topological polar surface area (TPSA) is 58.9 Å². The fraction of sp³-hybridized carbons (Fsp3) is 0. The van der Waals surface area contributed by atoms with E-state index in [1.54, 1.807) is 12.1 Å². The van der Waals surface area contributed by atoms with Gasteiger partial charge in [-0.05, 0) is 12.1 Å². The van der Waals surface area contributed by atoms with Crippen molar-refractivity contribution in [1.82, 2.24) is 4.98 Å². The molecule has 0 saturated heterocycles. The Labute approximate surface area is 73.4 Å². The van der Waals surface area contributed by atoms with E-state index in [1.807, 2.05) is 0 Å². The number of primary amides is 1. The maximum absolute atomic E-state index is 13.2. The molecule has 0 bridgehead atoms. The van der Waals surface area contributed by atoms with Gasteiger partial charge in [-0.15, -0.1) is 0 Å². The second-order valence-electron chi connectivity index (χ2n) is 2.73. The molecule has 1 heterocycles. The molecule has 1 aromatic heterocycles. The smallest absolute Gasteiger partial charge is 0.250 e. The lowest BCUT2D eigenvalue weighted by Gasteiger charge is -1.94. The van der Waals surface area contributed by atoms with E-state index >= 15 is 0 Å². The summed E-state index contributed by atoms with van der Waals surface area (Å²) < 4.78 is 13.2. The number of hydrogen-bond donors (Lipinski definition) is 2. The molecule has 4 heteroatoms. The SMILES string of the molecule is NC(=O)c1c[nH]c2cccc(F)c12. The average Bonchev–Trinajstić information content (AvgIpc) is 2.49. The molecule has 0 fully saturated rings. The predicted molar refractivity (Wildman–Crippen MR) is 46.8 cm³/mol. The van der Waals surface area contributed by atoms with Gasteiger partial charge in [0.05, 0.1) is 5.56 Å². The van der Waals surface area contributed by atoms with Crippen LogP contribution in [0.1, 0.15) is 10.4 Å². The number of halogens is 1. The summed E-state index contributed by atoms with van der Waals surface area (Å²) in [5.74, 6) is -1.07. The van der Waals surface area contributed by atoms with Crippen molar-refractivity contribution in [2.75, 3.05) is 0 Å². The van der Waals surface area contributed by atoms with Crippen LogP contribution in [0.2, 0.25) is 0 Å². The van der Waals surface area contributed by atoms with Crippen LogP contribution in [0.4, 0.5) is 4.39 Å². The minimum absolute atomic E-state index is 0.188. The van der Waals surface area contributed by atoms with E-state index in [1.165, 1.54) is 12.3 Å². The Bertz CT molecular complexity index is 475. The lowest BCUT2D eigenvalue weighted by Crippen LogP contribution is -2.10. The Morgan fingerprint density at radius 3 is 2.92 bits per heavy atom. The minimum atomic E-state index is -0.628. The second kappa shape index (κ2) is 2.58. The molecule has 0 aliphatic rings. The fourth-order valence-electron chi connectivity index (χ4n) is 1.33. The summed E-state index contributed by atoms with van der Waals surface area (Å²) >= 11 is 0. The molecular formula is C9H7FN2O. The van der Waals surface area contributed by atoms with Crippen LogP contribution >= 0.6 is 0 Å². The van der Waals surface area contributed by atoms with E-state index in [9.17, 15) is 9.18 Å². The van der Waals surface area contributed by atoms with Crippen molar-refractivity contribution in [3.63, 3.8) is 0 Å². The Morgan fingerprint density at radius 2 is 2.23 bits per heavy atom. The van der Waals surface area contributed by atoms with Gasteiger partial charge >= 0.3 is 0 Å². The minimum Gasteiger partial charge on any atom is -0.366 e. The van der Waals surface area contributed by atoms with Crippen molar-refractivity contribution in [2.45, 2.75) is 0 Å². The van der Waals surface area contributed by atoms with Crippen molar-refractivity contribution in [1.29, 1.82) is 0 Å². The quantitative estimate of drug-likeness (QED) is 0.681. The van der Waals surface area contributed by atoms with Crippen LogP contribution in [0.3, 0.4) is 0 Å². The third kappa shape index (κ3) is 1.07. The molecule has 1 amide bonds. The monoisotopic (exact) mass is 178 g/mol. The molecule has 0 spiro atoms. The Hall–Kier alpha value is -1.84. The molecule has 0 saturated carbocycles. The first-order chi connectivity index (χ1) is 6.20. The van der Waals surface area contributed by atoms with Gasteiger partial charge in [0.25, 0.3) is 5.91 Å². The van der Waals surface area contributed by atoms with Crippen LogP contribution in [0, 0.1) is 5.82 Å². The molecule has 0 unspecified atom stereocenters. The van der Waals surface area contributed by atoms with E-state index in [4.69, 9.17) is 5.73 Å². The lowest BCUT2D eigenvalue weighted by molar-refractivity contribution is 0.100. The number of carbonyl (C=O) groups excluding carboxylic acids is 1. The first-order valence-corrected chi connectivity index (χ1v) is 3.75. The normalized spacial score (nSPS) is 10.5. The van der Waals surface area contributed by atoms with E-state index < -0.39 is 11.7 Å². The van der Waals surface area contributed by atoms with E-state index in [0.29, 0.717) is 5.52 Å². The molecular weight excluding hydrogens is 171 g/mol. The maximum Gasteiger partial charge on any atom is 0.250 e. The number of benzene rings is 1. The lowest BCUT2D eigenvalue weighted by atomic mass is 10.1. The summed E-state index contributed by atoms with van der Waals surface area (Å²) in [6.45, 7) is 0. The zero-order valence-electron chi connectivity index (χ0n) is 6.67. The summed E-state index contributed by atoms with van der Waals surface area (Å²) in [5, 5.41) is 0.259. The van der Waals surface area contributed by atoms with Gasteiger partial charge in [-0.1, -0.05) is 6.07 Å². The second-order valence-corrected chi connectivity index (χ2v) is 2.73. The van der Waals surface area contributed by atoms with Gasteiger partial charge in [-0.25, -0.2) is 4.39 Å². The summed E-state index contributed by atoms with van der Waals surface area (Å²) in [5.41, 5.74) is 5.83. The Morgan fingerprint density at radius 1 is 1.46 bits per heavy atom. The molecule has 0 radical (unpaired) electrons. The Balaban J connectivity index is 2.86. The van der Waals surface area contributed by atoms with Crippen LogP contribution < -0.4 is 5.73 Å². The highest BCUT2D eigenvalue weighted by atomic mass is 19.1. The number of H-pyrrole nitrogens is 1. The zero-order valence-corrected chi connectivity index (χ0v) is 6.67. The Kier molecular flexibility index (Phi) is 1.55. The summed E-state index contributed by atoms with van der Waals surface area (Å²) in [6, 6.07) is 4.55. The van der Waals surface area contributed by atoms with Crippen molar-refractivity contribution in [3.05, 3.63) is 35.8 Å². The molecule has 13 heavy (non-hydrogen) atoms. The highest BCUT2D eigenvalue weighted by Gasteiger charge is 2.11. The van der Waals surface area contributed by atoms with Crippen LogP contribution in [-0.4, -0.2) is 10.9 Å². The molecule has 1 aromatic carbocycles. The maximum atomic E-state index is 13.2. The van der Waals surface area contributed by atoms with E-state index in [0.717, 1.165) is 0 Å². The van der Waals surface area contributed by atoms with Crippen LogP contribution in [0.5, 0.6) is 0 Å². The van der Waals surface area contributed by atoms with Crippen LogP contribution in [0.25, 0.3) is 10.9 Å². The number of fused-ring (bicyclic) bond motifs is 1. The van der Waals surface area contributed by atoms with Crippen molar-refractivity contribution >= 4 is 16.8 Å². The fourth-order valence-corrected chi connectivity index (χ4v) is 1.33. The number of rotatable bonds is 1. The largest absolute Gasteiger partial charge is 0.366 e. The molecule has 0 aliphatic carbocycles. The van der Waals surface area contributed by atoms with Gasteiger partial charge in [0.15, 0.2) is 0 Å². The van der Waals surface area contributed by atoms with Gasteiger partial charge in [-0.2, -0.15) is 0 Å². The number of carbonyl (C=O) groups is 1. The molecule has 0 aliphatic heterocycles. The predicted octanol–water partition coefficient (Wildman–Crippen LogP) is 1.41. The van der Waals surface area contributed by atoms with Gasteiger partial charge in [0.2, 0.25) is 0 Å². The van der Waals surface area contributed by atoms with Crippen LogP contribution in [0.15, 0.2) is 24.4 Å². The van der Waals surface area contributed by atoms with Gasteiger partial charge < -0.3 is 10.7 Å². The van der Waals surface area contributed by atoms with Crippen molar-refractivity contribution in [3.8, 4) is 0 Å². The van der Waals surface area contributed by atoms with Crippen molar-refractivity contribution in [2.24, 2.45) is 5.73 Å². The number of hydrogen-bond acceptors (Lipinski definition) is 1. The van der Waals surface area contributed by atoms with Gasteiger partial charge in [0.1, 0.15) is 5.82 Å². The van der Waals surface area contributed by atoms with Crippen molar-refractivity contribution < 1.29 is 9.18 Å². The average molecular weight is 178 g/mol. The van der Waals surface area contributed by atoms with Crippen LogP contribution in [-0.2, 0) is 0 Å². The third-order valence-electron chi connectivity index (χ3n) is 1.92. The molecule has 2 aromatic rings. The first kappa shape index (κ1) is 7.79. The number of nitrogens with one attached hydrogen (secondary N) is 1. The standard InChI is InChI=1S/C9H7FN2O/c10-6-2-1-3-7-8(6)5(4-12-7)9(11)13/h1-4,12H,(H2,11,13). The van der Waals surface area contributed by atoms with E-state index in [-0.39, 0.29) is 10.9 Å². The molecule has 3 N–H and O–H groups in total. The third-order valence-corrected chi connectivity index (χ3v) is 1.92. The number of nitrogens with two attached hydrogens (primary N) is 1. The van der Waals surface area contributed by atoms with Gasteiger partial charge in [0, 0.05) is 17.1 Å². The van der Waals surface area contributed by atoms with E-state index in [2.05, 4.69) is 4.98 Å². The molecule has 66 valence electrons. The highest BCUT2D eigenvalue weighted by Crippen LogP contribution is 2.20. The first-order valence-electron chi connectivity index (χ1n) is 3.75. The molecule has 2 rings (SSSR count). The highest BCUT2D eigenvalue weighted by molar-refractivity contribution is 6.06. The number of aromatic amines is 1. The molecule has 0 atom stereocenters. The molecule has 3 nitrogen and oxygen atoms in total. The number of aromatic nitrogens is 1.